The Morgan fingerprint density at radius 1 is 1.11 bits per heavy atom. The lowest BCUT2D eigenvalue weighted by atomic mass is 10.1. The third-order valence-electron chi connectivity index (χ3n) is 4.31. The van der Waals surface area contributed by atoms with Gasteiger partial charge in [-0.25, -0.2) is 12.7 Å². The monoisotopic (exact) mass is 424 g/mol. The molecule has 1 aromatic heterocycles. The number of carbonyl (C=O) groups excluding carboxylic acids is 1. The summed E-state index contributed by atoms with van der Waals surface area (Å²) in [6.45, 7) is 2.20. The minimum atomic E-state index is -3.59. The lowest BCUT2D eigenvalue weighted by Gasteiger charge is -2.12. The van der Waals surface area contributed by atoms with Gasteiger partial charge in [-0.2, -0.15) is 0 Å². The normalized spacial score (nSPS) is 11.7. The minimum Gasteiger partial charge on any atom is -0.296 e. The second-order valence-electron chi connectivity index (χ2n) is 6.79. The van der Waals surface area contributed by atoms with E-state index in [4.69, 9.17) is 0 Å². The quantitative estimate of drug-likeness (QED) is 0.552. The molecule has 1 heterocycles. The Morgan fingerprint density at radius 3 is 2.54 bits per heavy atom. The standard InChI is InChI=1S/C19H28N4O3S2/c1-4-5-6-7-8-9-13-17-21-22-19(27-17)20-18(24)15-11-10-12-16(14-15)28(25,26)23(2)3/h10-12,14H,4-9,13H2,1-3H3,(H,20,22,24). The first-order chi connectivity index (χ1) is 13.3. The number of nitrogens with one attached hydrogen (secondary N) is 1. The van der Waals surface area contributed by atoms with Crippen molar-refractivity contribution in [3.8, 4) is 0 Å². The number of rotatable bonds is 11. The Morgan fingerprint density at radius 2 is 1.82 bits per heavy atom. The Bertz CT molecular complexity index is 879. The highest BCUT2D eigenvalue weighted by molar-refractivity contribution is 7.89. The Balaban J connectivity index is 1.93. The number of amides is 1. The summed E-state index contributed by atoms with van der Waals surface area (Å²) in [6, 6.07) is 5.95. The van der Waals surface area contributed by atoms with Crippen molar-refractivity contribution in [2.24, 2.45) is 0 Å². The molecule has 0 atom stereocenters. The molecule has 0 bridgehead atoms. The maximum atomic E-state index is 12.5. The molecule has 1 amide bonds. The van der Waals surface area contributed by atoms with E-state index in [2.05, 4.69) is 22.4 Å². The molecule has 7 nitrogen and oxygen atoms in total. The van der Waals surface area contributed by atoms with E-state index in [9.17, 15) is 13.2 Å². The van der Waals surface area contributed by atoms with Gasteiger partial charge in [-0.15, -0.1) is 10.2 Å². The van der Waals surface area contributed by atoms with Crippen LogP contribution in [0.3, 0.4) is 0 Å². The zero-order valence-corrected chi connectivity index (χ0v) is 18.3. The molecule has 1 aromatic carbocycles. The first kappa shape index (κ1) is 22.4. The van der Waals surface area contributed by atoms with Crippen LogP contribution in [0.15, 0.2) is 29.2 Å². The largest absolute Gasteiger partial charge is 0.296 e. The van der Waals surface area contributed by atoms with Crippen LogP contribution in [0.4, 0.5) is 5.13 Å². The van der Waals surface area contributed by atoms with E-state index >= 15 is 0 Å². The third kappa shape index (κ3) is 6.35. The molecule has 0 aliphatic heterocycles. The second-order valence-corrected chi connectivity index (χ2v) is 10.0. The SMILES string of the molecule is CCCCCCCCc1nnc(NC(=O)c2cccc(S(=O)(=O)N(C)C)c2)s1. The Kier molecular flexibility index (Phi) is 8.53. The van der Waals surface area contributed by atoms with Crippen molar-refractivity contribution in [1.82, 2.24) is 14.5 Å². The molecule has 1 N–H and O–H groups in total. The zero-order valence-electron chi connectivity index (χ0n) is 16.6. The average Bonchev–Trinajstić information content (AvgIpc) is 3.11. The highest BCUT2D eigenvalue weighted by Gasteiger charge is 2.19. The van der Waals surface area contributed by atoms with Gasteiger partial charge in [0.15, 0.2) is 0 Å². The number of sulfonamides is 1. The van der Waals surface area contributed by atoms with Crippen molar-refractivity contribution >= 4 is 32.4 Å². The molecule has 0 aliphatic rings. The molecule has 28 heavy (non-hydrogen) atoms. The molecular formula is C19H28N4O3S2. The molecule has 154 valence electrons. The molecule has 0 radical (unpaired) electrons. The van der Waals surface area contributed by atoms with Crippen LogP contribution in [-0.2, 0) is 16.4 Å². The highest BCUT2D eigenvalue weighted by Crippen LogP contribution is 2.20. The van der Waals surface area contributed by atoms with E-state index in [1.165, 1.54) is 69.7 Å². The van der Waals surface area contributed by atoms with Gasteiger partial charge in [0, 0.05) is 26.1 Å². The predicted octanol–water partition coefficient (Wildman–Crippen LogP) is 3.94. The third-order valence-corrected chi connectivity index (χ3v) is 7.02. The molecule has 0 aliphatic carbocycles. The van der Waals surface area contributed by atoms with Crippen molar-refractivity contribution in [2.75, 3.05) is 19.4 Å². The minimum absolute atomic E-state index is 0.0752. The van der Waals surface area contributed by atoms with Crippen LogP contribution < -0.4 is 5.32 Å². The van der Waals surface area contributed by atoms with Gasteiger partial charge in [0.05, 0.1) is 4.90 Å². The first-order valence-electron chi connectivity index (χ1n) is 9.51. The predicted molar refractivity (Wildman–Crippen MR) is 112 cm³/mol. The summed E-state index contributed by atoms with van der Waals surface area (Å²) < 4.78 is 25.6. The van der Waals surface area contributed by atoms with Crippen LogP contribution in [-0.4, -0.2) is 42.9 Å². The molecule has 0 saturated heterocycles. The number of hydrogen-bond acceptors (Lipinski definition) is 6. The van der Waals surface area contributed by atoms with E-state index in [-0.39, 0.29) is 10.5 Å². The lowest BCUT2D eigenvalue weighted by Crippen LogP contribution is -2.22. The van der Waals surface area contributed by atoms with Gasteiger partial charge in [-0.1, -0.05) is 56.4 Å². The number of aryl methyl sites for hydroxylation is 1. The van der Waals surface area contributed by atoms with Crippen LogP contribution in [0.1, 0.15) is 60.8 Å². The Hall–Kier alpha value is -1.84. The van der Waals surface area contributed by atoms with Gasteiger partial charge in [-0.05, 0) is 24.6 Å². The molecule has 0 unspecified atom stereocenters. The van der Waals surface area contributed by atoms with E-state index in [0.717, 1.165) is 22.2 Å². The van der Waals surface area contributed by atoms with Gasteiger partial charge in [-0.3, -0.25) is 10.1 Å². The fourth-order valence-electron chi connectivity index (χ4n) is 2.64. The fourth-order valence-corrected chi connectivity index (χ4v) is 4.36. The number of nitrogens with zero attached hydrogens (tertiary/aromatic N) is 3. The number of aromatic nitrogens is 2. The number of unbranched alkanes of at least 4 members (excludes halogenated alkanes) is 5. The van der Waals surface area contributed by atoms with Gasteiger partial charge < -0.3 is 0 Å². The second kappa shape index (κ2) is 10.6. The molecule has 2 rings (SSSR count). The molecular weight excluding hydrogens is 396 g/mol. The molecule has 0 fully saturated rings. The summed E-state index contributed by atoms with van der Waals surface area (Å²) in [7, 11) is -0.687. The summed E-state index contributed by atoms with van der Waals surface area (Å²) in [6.07, 6.45) is 8.13. The van der Waals surface area contributed by atoms with Crippen molar-refractivity contribution < 1.29 is 13.2 Å². The van der Waals surface area contributed by atoms with Crippen LogP contribution in [0, 0.1) is 0 Å². The first-order valence-corrected chi connectivity index (χ1v) is 11.8. The zero-order chi connectivity index (χ0) is 20.6. The summed E-state index contributed by atoms with van der Waals surface area (Å²) in [5.41, 5.74) is 0.260. The summed E-state index contributed by atoms with van der Waals surface area (Å²) >= 11 is 1.36. The van der Waals surface area contributed by atoms with E-state index in [1.807, 2.05) is 0 Å². The number of carbonyl (C=O) groups is 1. The van der Waals surface area contributed by atoms with Crippen LogP contribution in [0.2, 0.25) is 0 Å². The smallest absolute Gasteiger partial charge is 0.257 e. The lowest BCUT2D eigenvalue weighted by molar-refractivity contribution is 0.102. The van der Waals surface area contributed by atoms with Gasteiger partial charge in [0.1, 0.15) is 5.01 Å². The molecule has 2 aromatic rings. The van der Waals surface area contributed by atoms with E-state index < -0.39 is 15.9 Å². The Labute approximate surface area is 171 Å². The van der Waals surface area contributed by atoms with Crippen molar-refractivity contribution in [1.29, 1.82) is 0 Å². The van der Waals surface area contributed by atoms with Crippen LogP contribution in [0.25, 0.3) is 0 Å². The molecule has 0 saturated carbocycles. The number of benzene rings is 1. The topological polar surface area (TPSA) is 92.3 Å². The average molecular weight is 425 g/mol. The van der Waals surface area contributed by atoms with E-state index in [0.29, 0.717) is 5.13 Å². The molecule has 9 heteroatoms. The molecule has 0 spiro atoms. The number of anilines is 1. The summed E-state index contributed by atoms with van der Waals surface area (Å²) in [4.78, 5) is 12.5. The van der Waals surface area contributed by atoms with Crippen LogP contribution >= 0.6 is 11.3 Å². The number of hydrogen-bond donors (Lipinski definition) is 1. The maximum Gasteiger partial charge on any atom is 0.257 e. The summed E-state index contributed by atoms with van der Waals surface area (Å²) in [5.74, 6) is -0.405. The van der Waals surface area contributed by atoms with Gasteiger partial charge in [0.25, 0.3) is 5.91 Å². The fraction of sp³-hybridized carbons (Fsp3) is 0.526. The van der Waals surface area contributed by atoms with Crippen molar-refractivity contribution in [3.05, 3.63) is 34.8 Å². The summed E-state index contributed by atoms with van der Waals surface area (Å²) in [5, 5.41) is 12.2. The van der Waals surface area contributed by atoms with Gasteiger partial charge in [0.2, 0.25) is 15.2 Å². The highest BCUT2D eigenvalue weighted by atomic mass is 32.2. The maximum absolute atomic E-state index is 12.5. The van der Waals surface area contributed by atoms with Crippen molar-refractivity contribution in [3.63, 3.8) is 0 Å². The van der Waals surface area contributed by atoms with Gasteiger partial charge >= 0.3 is 0 Å². The van der Waals surface area contributed by atoms with Crippen LogP contribution in [0.5, 0.6) is 0 Å². The van der Waals surface area contributed by atoms with E-state index in [1.54, 1.807) is 12.1 Å². The van der Waals surface area contributed by atoms with Crippen molar-refractivity contribution in [2.45, 2.75) is 56.8 Å².